The van der Waals surface area contributed by atoms with Gasteiger partial charge in [-0.15, -0.1) is 0 Å². The van der Waals surface area contributed by atoms with Gasteiger partial charge in [-0.05, 0) is 25.0 Å². The van der Waals surface area contributed by atoms with Crippen molar-refractivity contribution in [2.45, 2.75) is 20.3 Å². The zero-order valence-electron chi connectivity index (χ0n) is 11.6. The van der Waals surface area contributed by atoms with Gasteiger partial charge in [0.2, 0.25) is 0 Å². The van der Waals surface area contributed by atoms with E-state index < -0.39 is 0 Å². The molecule has 0 fully saturated rings. The fourth-order valence-corrected chi connectivity index (χ4v) is 2.52. The number of nitrogens with two attached hydrogens (primary N) is 1. The second-order valence-corrected chi connectivity index (χ2v) is 4.75. The molecule has 3 rings (SSSR count). The van der Waals surface area contributed by atoms with Crippen molar-refractivity contribution in [1.82, 2.24) is 15.0 Å². The summed E-state index contributed by atoms with van der Waals surface area (Å²) in [4.78, 5) is 13.0. The molecule has 2 N–H and O–H groups in total. The molecule has 1 aromatic carbocycles. The normalized spacial score (nSPS) is 10.9. The highest BCUT2D eigenvalue weighted by molar-refractivity contribution is 5.89. The molecule has 0 amide bonds. The minimum atomic E-state index is 0.526. The molecule has 0 saturated carbocycles. The third-order valence-corrected chi connectivity index (χ3v) is 3.61. The van der Waals surface area contributed by atoms with Crippen LogP contribution in [0.15, 0.2) is 36.8 Å². The predicted molar refractivity (Wildman–Crippen MR) is 81.3 cm³/mol. The van der Waals surface area contributed by atoms with Crippen LogP contribution < -0.4 is 5.73 Å². The molecule has 0 spiro atoms. The summed E-state index contributed by atoms with van der Waals surface area (Å²) >= 11 is 0. The van der Waals surface area contributed by atoms with E-state index in [9.17, 15) is 0 Å². The van der Waals surface area contributed by atoms with E-state index in [1.165, 1.54) is 11.9 Å². The average molecular weight is 264 g/mol. The first-order valence-corrected chi connectivity index (χ1v) is 6.66. The zero-order chi connectivity index (χ0) is 14.1. The second-order valence-electron chi connectivity index (χ2n) is 4.75. The molecule has 0 aliphatic heterocycles. The van der Waals surface area contributed by atoms with Gasteiger partial charge < -0.3 is 5.73 Å². The highest BCUT2D eigenvalue weighted by atomic mass is 14.9. The molecule has 20 heavy (non-hydrogen) atoms. The van der Waals surface area contributed by atoms with Crippen LogP contribution in [0.5, 0.6) is 0 Å². The number of hydrogen-bond donors (Lipinski definition) is 1. The van der Waals surface area contributed by atoms with Gasteiger partial charge in [0.25, 0.3) is 0 Å². The Morgan fingerprint density at radius 3 is 2.75 bits per heavy atom. The Morgan fingerprint density at radius 2 is 1.95 bits per heavy atom. The van der Waals surface area contributed by atoms with Crippen LogP contribution in [0.25, 0.3) is 22.2 Å². The van der Waals surface area contributed by atoms with Crippen molar-refractivity contribution in [3.8, 4) is 11.3 Å². The van der Waals surface area contributed by atoms with Crippen LogP contribution in [0.3, 0.4) is 0 Å². The average Bonchev–Trinajstić information content (AvgIpc) is 2.49. The second kappa shape index (κ2) is 4.89. The number of nitrogen functional groups attached to an aromatic ring is 1. The lowest BCUT2D eigenvalue weighted by Crippen LogP contribution is -2.01. The SMILES string of the molecule is CCc1c(-c2ncnc(N)c2C)ccc2cccnc12. The minimum Gasteiger partial charge on any atom is -0.383 e. The third-order valence-electron chi connectivity index (χ3n) is 3.61. The van der Waals surface area contributed by atoms with E-state index in [0.717, 1.165) is 34.1 Å². The highest BCUT2D eigenvalue weighted by Crippen LogP contribution is 2.31. The summed E-state index contributed by atoms with van der Waals surface area (Å²) in [5.41, 5.74) is 11.0. The molecule has 3 aromatic rings. The molecule has 2 aromatic heterocycles. The van der Waals surface area contributed by atoms with Crippen LogP contribution >= 0.6 is 0 Å². The quantitative estimate of drug-likeness (QED) is 0.772. The number of aryl methyl sites for hydroxylation is 1. The summed E-state index contributed by atoms with van der Waals surface area (Å²) in [6.45, 7) is 4.08. The van der Waals surface area contributed by atoms with Crippen LogP contribution in [0, 0.1) is 6.92 Å². The van der Waals surface area contributed by atoms with Crippen molar-refractivity contribution < 1.29 is 0 Å². The lowest BCUT2D eigenvalue weighted by molar-refractivity contribution is 1.11. The van der Waals surface area contributed by atoms with Gasteiger partial charge in [0.05, 0.1) is 11.2 Å². The van der Waals surface area contributed by atoms with Gasteiger partial charge in [0.1, 0.15) is 12.1 Å². The number of fused-ring (bicyclic) bond motifs is 1. The summed E-state index contributed by atoms with van der Waals surface area (Å²) in [7, 11) is 0. The van der Waals surface area contributed by atoms with E-state index >= 15 is 0 Å². The number of aromatic nitrogens is 3. The molecular formula is C16H16N4. The highest BCUT2D eigenvalue weighted by Gasteiger charge is 2.13. The number of hydrogen-bond acceptors (Lipinski definition) is 4. The van der Waals surface area contributed by atoms with Crippen molar-refractivity contribution in [1.29, 1.82) is 0 Å². The van der Waals surface area contributed by atoms with Gasteiger partial charge in [-0.2, -0.15) is 0 Å². The van der Waals surface area contributed by atoms with E-state index in [4.69, 9.17) is 5.73 Å². The van der Waals surface area contributed by atoms with Gasteiger partial charge in [-0.3, -0.25) is 4.98 Å². The minimum absolute atomic E-state index is 0.526. The van der Waals surface area contributed by atoms with E-state index in [0.29, 0.717) is 5.82 Å². The molecule has 0 atom stereocenters. The predicted octanol–water partition coefficient (Wildman–Crippen LogP) is 3.14. The summed E-state index contributed by atoms with van der Waals surface area (Å²) in [6, 6.07) is 8.20. The molecule has 0 aliphatic rings. The van der Waals surface area contributed by atoms with Crippen molar-refractivity contribution in [2.24, 2.45) is 0 Å². The fourth-order valence-electron chi connectivity index (χ4n) is 2.52. The lowest BCUT2D eigenvalue weighted by atomic mass is 9.96. The molecule has 100 valence electrons. The summed E-state index contributed by atoms with van der Waals surface area (Å²) in [5, 5.41) is 1.15. The Morgan fingerprint density at radius 1 is 1.10 bits per heavy atom. The van der Waals surface area contributed by atoms with E-state index in [1.807, 2.05) is 19.2 Å². The topological polar surface area (TPSA) is 64.7 Å². The Bertz CT molecular complexity index is 781. The van der Waals surface area contributed by atoms with Gasteiger partial charge in [-0.1, -0.05) is 25.1 Å². The molecule has 4 nitrogen and oxygen atoms in total. The standard InChI is InChI=1S/C16H16N4/c1-3-12-13(14-10(2)16(17)20-9-19-14)7-6-11-5-4-8-18-15(11)12/h4-9H,3H2,1-2H3,(H2,17,19,20). The number of anilines is 1. The van der Waals surface area contributed by atoms with E-state index in [-0.39, 0.29) is 0 Å². The first kappa shape index (κ1) is 12.5. The van der Waals surface area contributed by atoms with Crippen LogP contribution in [0.2, 0.25) is 0 Å². The van der Waals surface area contributed by atoms with Gasteiger partial charge in [-0.25, -0.2) is 9.97 Å². The summed E-state index contributed by atoms with van der Waals surface area (Å²) < 4.78 is 0. The first-order valence-electron chi connectivity index (χ1n) is 6.66. The zero-order valence-corrected chi connectivity index (χ0v) is 11.6. The molecule has 4 heteroatoms. The number of nitrogens with zero attached hydrogens (tertiary/aromatic N) is 3. The van der Waals surface area contributed by atoms with Crippen LogP contribution in [0.4, 0.5) is 5.82 Å². The molecule has 0 aliphatic carbocycles. The number of benzene rings is 1. The molecule has 2 heterocycles. The van der Waals surface area contributed by atoms with Crippen LogP contribution in [0.1, 0.15) is 18.1 Å². The molecule has 0 unspecified atom stereocenters. The Kier molecular flexibility index (Phi) is 3.06. The van der Waals surface area contributed by atoms with Crippen molar-refractivity contribution in [3.63, 3.8) is 0 Å². The number of rotatable bonds is 2. The largest absolute Gasteiger partial charge is 0.383 e. The molecule has 0 saturated heterocycles. The molecule has 0 radical (unpaired) electrons. The van der Waals surface area contributed by atoms with E-state index in [1.54, 1.807) is 0 Å². The maximum absolute atomic E-state index is 5.90. The smallest absolute Gasteiger partial charge is 0.130 e. The fraction of sp³-hybridized carbons (Fsp3) is 0.188. The Balaban J connectivity index is 2.34. The molecule has 0 bridgehead atoms. The lowest BCUT2D eigenvalue weighted by Gasteiger charge is -2.12. The van der Waals surface area contributed by atoms with Crippen molar-refractivity contribution in [2.75, 3.05) is 5.73 Å². The Labute approximate surface area is 117 Å². The number of pyridine rings is 1. The third kappa shape index (κ3) is 1.90. The maximum atomic E-state index is 5.90. The van der Waals surface area contributed by atoms with Gasteiger partial charge in [0, 0.05) is 22.7 Å². The van der Waals surface area contributed by atoms with E-state index in [2.05, 4.69) is 40.1 Å². The Hall–Kier alpha value is -2.49. The van der Waals surface area contributed by atoms with Crippen LogP contribution in [-0.4, -0.2) is 15.0 Å². The summed E-state index contributed by atoms with van der Waals surface area (Å²) in [5.74, 6) is 0.526. The molecular weight excluding hydrogens is 248 g/mol. The van der Waals surface area contributed by atoms with Crippen molar-refractivity contribution in [3.05, 3.63) is 47.9 Å². The monoisotopic (exact) mass is 264 g/mol. The first-order chi connectivity index (χ1) is 9.72. The summed E-state index contributed by atoms with van der Waals surface area (Å²) in [6.07, 6.45) is 4.24. The maximum Gasteiger partial charge on any atom is 0.130 e. The van der Waals surface area contributed by atoms with Crippen LogP contribution in [-0.2, 0) is 6.42 Å². The van der Waals surface area contributed by atoms with Gasteiger partial charge in [0.15, 0.2) is 0 Å². The van der Waals surface area contributed by atoms with Gasteiger partial charge >= 0.3 is 0 Å². The van der Waals surface area contributed by atoms with Crippen molar-refractivity contribution >= 4 is 16.7 Å².